The van der Waals surface area contributed by atoms with Crippen molar-refractivity contribution in [2.75, 3.05) is 19.6 Å². The van der Waals surface area contributed by atoms with E-state index in [0.717, 1.165) is 75.7 Å². The average Bonchev–Trinajstić information content (AvgIpc) is 2.76. The third-order valence-electron chi connectivity index (χ3n) is 7.26. The zero-order valence-corrected chi connectivity index (χ0v) is 19.2. The zero-order chi connectivity index (χ0) is 21.9. The van der Waals surface area contributed by atoms with E-state index in [1.165, 1.54) is 0 Å². The van der Waals surface area contributed by atoms with E-state index in [2.05, 4.69) is 4.90 Å². The highest BCUT2D eigenvalue weighted by Crippen LogP contribution is 2.46. The van der Waals surface area contributed by atoms with E-state index in [1.54, 1.807) is 6.07 Å². The normalized spacial score (nSPS) is 19.6. The Morgan fingerprint density at radius 3 is 2.35 bits per heavy atom. The summed E-state index contributed by atoms with van der Waals surface area (Å²) in [5, 5.41) is 0. The van der Waals surface area contributed by atoms with Gasteiger partial charge in [0.15, 0.2) is 15.6 Å². The Morgan fingerprint density at radius 1 is 1.03 bits per heavy atom. The van der Waals surface area contributed by atoms with Crippen molar-refractivity contribution in [2.45, 2.75) is 61.5 Å². The number of likely N-dealkylation sites (tertiary alicyclic amines) is 1. The first-order chi connectivity index (χ1) is 14.9. The van der Waals surface area contributed by atoms with Crippen LogP contribution in [0.1, 0.15) is 60.9 Å². The van der Waals surface area contributed by atoms with E-state index in [-0.39, 0.29) is 11.7 Å². The summed E-state index contributed by atoms with van der Waals surface area (Å²) in [5.74, 6) is 0.372. The molecule has 2 fully saturated rings. The number of Topliss-reactive ketones (excluding diaryl/α,β-unsaturated/α-hetero) is 1. The molecule has 2 aliphatic rings. The molecule has 0 amide bonds. The first-order valence-electron chi connectivity index (χ1n) is 11.5. The summed E-state index contributed by atoms with van der Waals surface area (Å²) in [6, 6.07) is 16.9. The SMILES string of the molecule is Cc1cccc(S(=O)(=O)C2(CCCN3CCC(C(=O)c4ccccc4)CC3)CCC2)c1. The molecule has 0 radical (unpaired) electrons. The lowest BCUT2D eigenvalue weighted by Gasteiger charge is -2.42. The molecule has 0 aromatic heterocycles. The van der Waals surface area contributed by atoms with E-state index in [1.807, 2.05) is 55.5 Å². The van der Waals surface area contributed by atoms with Gasteiger partial charge in [0.1, 0.15) is 0 Å². The maximum Gasteiger partial charge on any atom is 0.184 e. The fraction of sp³-hybridized carbons (Fsp3) is 0.500. The predicted molar refractivity (Wildman–Crippen MR) is 124 cm³/mol. The third kappa shape index (κ3) is 4.63. The molecule has 2 aromatic carbocycles. The highest BCUT2D eigenvalue weighted by Gasteiger charge is 2.48. The molecule has 1 saturated heterocycles. The standard InChI is InChI=1S/C26H33NO3S/c1-21-8-5-11-24(20-21)31(29,30)26(14-6-15-26)16-7-17-27-18-12-23(13-19-27)25(28)22-9-3-2-4-10-22/h2-5,8-11,20,23H,6-7,12-19H2,1H3. The monoisotopic (exact) mass is 439 g/mol. The number of nitrogens with zero attached hydrogens (tertiary/aromatic N) is 1. The van der Waals surface area contributed by atoms with Gasteiger partial charge in [-0.15, -0.1) is 0 Å². The van der Waals surface area contributed by atoms with Gasteiger partial charge in [-0.25, -0.2) is 8.42 Å². The van der Waals surface area contributed by atoms with Gasteiger partial charge in [0.2, 0.25) is 0 Å². The van der Waals surface area contributed by atoms with Crippen LogP contribution in [0.2, 0.25) is 0 Å². The lowest BCUT2D eigenvalue weighted by Crippen LogP contribution is -2.46. The van der Waals surface area contributed by atoms with Gasteiger partial charge in [-0.1, -0.05) is 48.9 Å². The molecule has 31 heavy (non-hydrogen) atoms. The molecule has 2 aromatic rings. The van der Waals surface area contributed by atoms with E-state index in [9.17, 15) is 13.2 Å². The molecule has 4 rings (SSSR count). The molecule has 0 spiro atoms. The number of hydrogen-bond acceptors (Lipinski definition) is 4. The third-order valence-corrected chi connectivity index (χ3v) is 9.89. The second kappa shape index (κ2) is 9.25. The van der Waals surface area contributed by atoms with Crippen LogP contribution in [0, 0.1) is 12.8 Å². The maximum absolute atomic E-state index is 13.4. The fourth-order valence-corrected chi connectivity index (χ4v) is 7.48. The number of benzene rings is 2. The second-order valence-electron chi connectivity index (χ2n) is 9.31. The van der Waals surface area contributed by atoms with Gasteiger partial charge in [0.25, 0.3) is 0 Å². The van der Waals surface area contributed by atoms with Crippen molar-refractivity contribution in [1.82, 2.24) is 4.90 Å². The lowest BCUT2D eigenvalue weighted by atomic mass is 9.80. The number of aryl methyl sites for hydroxylation is 1. The van der Waals surface area contributed by atoms with Crippen LogP contribution in [0.3, 0.4) is 0 Å². The van der Waals surface area contributed by atoms with E-state index < -0.39 is 14.6 Å². The predicted octanol–water partition coefficient (Wildman–Crippen LogP) is 5.07. The number of hydrogen-bond donors (Lipinski definition) is 0. The van der Waals surface area contributed by atoms with Gasteiger partial charge in [-0.3, -0.25) is 4.79 Å². The molecule has 1 saturated carbocycles. The highest BCUT2D eigenvalue weighted by atomic mass is 32.2. The average molecular weight is 440 g/mol. The van der Waals surface area contributed by atoms with Crippen molar-refractivity contribution in [3.05, 3.63) is 65.7 Å². The Hall–Kier alpha value is -1.98. The van der Waals surface area contributed by atoms with E-state index >= 15 is 0 Å². The topological polar surface area (TPSA) is 54.5 Å². The van der Waals surface area contributed by atoms with Crippen LogP contribution in [0.15, 0.2) is 59.5 Å². The van der Waals surface area contributed by atoms with Crippen molar-refractivity contribution < 1.29 is 13.2 Å². The van der Waals surface area contributed by atoms with Crippen molar-refractivity contribution in [3.63, 3.8) is 0 Å². The second-order valence-corrected chi connectivity index (χ2v) is 11.7. The fourth-order valence-electron chi connectivity index (χ4n) is 5.14. The molecule has 1 aliphatic heterocycles. The molecular weight excluding hydrogens is 406 g/mol. The summed E-state index contributed by atoms with van der Waals surface area (Å²) < 4.78 is 26.2. The Bertz CT molecular complexity index is 1000. The van der Waals surface area contributed by atoms with Crippen LogP contribution in [0.5, 0.6) is 0 Å². The molecule has 166 valence electrons. The molecule has 0 unspecified atom stereocenters. The minimum atomic E-state index is -3.30. The zero-order valence-electron chi connectivity index (χ0n) is 18.4. The van der Waals surface area contributed by atoms with Crippen LogP contribution in [0.4, 0.5) is 0 Å². The summed E-state index contributed by atoms with van der Waals surface area (Å²) in [4.78, 5) is 15.6. The molecule has 0 atom stereocenters. The largest absolute Gasteiger partial charge is 0.303 e. The maximum atomic E-state index is 13.4. The molecule has 0 bridgehead atoms. The summed E-state index contributed by atoms with van der Waals surface area (Å²) in [7, 11) is -3.30. The first-order valence-corrected chi connectivity index (χ1v) is 13.0. The Balaban J connectivity index is 1.30. The minimum Gasteiger partial charge on any atom is -0.303 e. The quantitative estimate of drug-likeness (QED) is 0.539. The number of carbonyl (C=O) groups is 1. The number of carbonyl (C=O) groups excluding carboxylic acids is 1. The number of sulfone groups is 1. The van der Waals surface area contributed by atoms with Gasteiger partial charge in [0, 0.05) is 11.5 Å². The Labute approximate surface area is 186 Å². The molecule has 1 heterocycles. The summed E-state index contributed by atoms with van der Waals surface area (Å²) in [6.07, 6.45) is 5.95. The lowest BCUT2D eigenvalue weighted by molar-refractivity contribution is 0.0837. The number of ketones is 1. The van der Waals surface area contributed by atoms with Gasteiger partial charge in [-0.05, 0) is 82.8 Å². The number of piperidine rings is 1. The van der Waals surface area contributed by atoms with Crippen LogP contribution >= 0.6 is 0 Å². The van der Waals surface area contributed by atoms with Gasteiger partial charge < -0.3 is 4.90 Å². The number of rotatable bonds is 8. The van der Waals surface area contributed by atoms with Gasteiger partial charge in [-0.2, -0.15) is 0 Å². The van der Waals surface area contributed by atoms with E-state index in [4.69, 9.17) is 0 Å². The minimum absolute atomic E-state index is 0.110. The molecule has 4 nitrogen and oxygen atoms in total. The summed E-state index contributed by atoms with van der Waals surface area (Å²) in [5.41, 5.74) is 1.80. The molecule has 1 aliphatic carbocycles. The van der Waals surface area contributed by atoms with E-state index in [0.29, 0.717) is 4.90 Å². The van der Waals surface area contributed by atoms with Crippen LogP contribution < -0.4 is 0 Å². The summed E-state index contributed by atoms with van der Waals surface area (Å²) >= 11 is 0. The van der Waals surface area contributed by atoms with Crippen molar-refractivity contribution in [2.24, 2.45) is 5.92 Å². The first kappa shape index (κ1) is 22.2. The van der Waals surface area contributed by atoms with Crippen molar-refractivity contribution in [1.29, 1.82) is 0 Å². The van der Waals surface area contributed by atoms with Gasteiger partial charge >= 0.3 is 0 Å². The Morgan fingerprint density at radius 2 is 1.74 bits per heavy atom. The van der Waals surface area contributed by atoms with Crippen LogP contribution in [-0.2, 0) is 9.84 Å². The summed E-state index contributed by atoms with van der Waals surface area (Å²) in [6.45, 7) is 4.69. The van der Waals surface area contributed by atoms with Crippen LogP contribution in [0.25, 0.3) is 0 Å². The van der Waals surface area contributed by atoms with Gasteiger partial charge in [0.05, 0.1) is 9.64 Å². The Kier molecular flexibility index (Phi) is 6.63. The molecule has 0 N–H and O–H groups in total. The smallest absolute Gasteiger partial charge is 0.184 e. The van der Waals surface area contributed by atoms with Crippen molar-refractivity contribution in [3.8, 4) is 0 Å². The molecular formula is C26H33NO3S. The highest BCUT2D eigenvalue weighted by molar-refractivity contribution is 7.93. The van der Waals surface area contributed by atoms with Crippen molar-refractivity contribution >= 4 is 15.6 Å². The molecule has 5 heteroatoms. The van der Waals surface area contributed by atoms with Crippen LogP contribution in [-0.4, -0.2) is 43.5 Å².